The summed E-state index contributed by atoms with van der Waals surface area (Å²) in [7, 11) is 0. The van der Waals surface area contributed by atoms with E-state index in [2.05, 4.69) is 15.9 Å². The maximum Gasteiger partial charge on any atom is 0.130 e. The van der Waals surface area contributed by atoms with Crippen molar-refractivity contribution in [2.24, 2.45) is 0 Å². The average Bonchev–Trinajstić information content (AvgIpc) is 2.36. The second-order valence-corrected chi connectivity index (χ2v) is 5.79. The summed E-state index contributed by atoms with van der Waals surface area (Å²) in [5.41, 5.74) is 2.20. The van der Waals surface area contributed by atoms with E-state index in [-0.39, 0.29) is 16.7 Å². The van der Waals surface area contributed by atoms with Crippen LogP contribution in [0.2, 0.25) is 5.02 Å². The molecule has 0 saturated carbocycles. The summed E-state index contributed by atoms with van der Waals surface area (Å²) < 4.78 is 27.5. The smallest absolute Gasteiger partial charge is 0.130 e. The normalized spacial score (nSPS) is 12.5. The van der Waals surface area contributed by atoms with E-state index >= 15 is 0 Å². The lowest BCUT2D eigenvalue weighted by atomic mass is 10.0. The molecule has 1 unspecified atom stereocenters. The number of hydrogen-bond acceptors (Lipinski definition) is 0. The Morgan fingerprint density at radius 2 is 1.74 bits per heavy atom. The Hall–Kier alpha value is -0.930. The van der Waals surface area contributed by atoms with Crippen molar-refractivity contribution in [1.29, 1.82) is 0 Å². The van der Waals surface area contributed by atoms with Crippen LogP contribution in [-0.4, -0.2) is 0 Å². The van der Waals surface area contributed by atoms with Crippen LogP contribution in [-0.2, 0) is 0 Å². The second-order valence-electron chi connectivity index (χ2n) is 4.46. The van der Waals surface area contributed by atoms with Gasteiger partial charge in [-0.05, 0) is 36.6 Å². The van der Waals surface area contributed by atoms with Crippen LogP contribution in [0, 0.1) is 25.5 Å². The first kappa shape index (κ1) is 14.5. The minimum absolute atomic E-state index is 0.276. The Bertz CT molecular complexity index is 626. The van der Waals surface area contributed by atoms with Gasteiger partial charge < -0.3 is 0 Å². The van der Waals surface area contributed by atoms with Crippen molar-refractivity contribution < 1.29 is 8.78 Å². The Morgan fingerprint density at radius 1 is 1.05 bits per heavy atom. The highest BCUT2D eigenvalue weighted by atomic mass is 79.9. The summed E-state index contributed by atoms with van der Waals surface area (Å²) in [5.74, 6) is -0.638. The van der Waals surface area contributed by atoms with Gasteiger partial charge in [0.1, 0.15) is 11.6 Å². The standard InChI is InChI=1S/C15H12BrClF2/c1-8-4-3-5-10(15(8)19)14(16)11-6-9(2)13(18)7-12(11)17/h3-7,14H,1-2H3. The van der Waals surface area contributed by atoms with E-state index in [1.807, 2.05) is 0 Å². The van der Waals surface area contributed by atoms with Crippen LogP contribution in [0.5, 0.6) is 0 Å². The van der Waals surface area contributed by atoms with Crippen molar-refractivity contribution >= 4 is 27.5 Å². The summed E-state index contributed by atoms with van der Waals surface area (Å²) in [6.45, 7) is 3.36. The SMILES string of the molecule is Cc1cc(C(Br)c2cccc(C)c2F)c(Cl)cc1F. The summed E-state index contributed by atoms with van der Waals surface area (Å²) >= 11 is 9.49. The number of benzene rings is 2. The molecular formula is C15H12BrClF2. The molecule has 0 aliphatic carbocycles. The molecule has 0 amide bonds. The van der Waals surface area contributed by atoms with Crippen molar-refractivity contribution in [2.45, 2.75) is 18.7 Å². The topological polar surface area (TPSA) is 0 Å². The molecule has 19 heavy (non-hydrogen) atoms. The zero-order valence-electron chi connectivity index (χ0n) is 10.5. The summed E-state index contributed by atoms with van der Waals surface area (Å²) in [5, 5.41) is 0.283. The number of alkyl halides is 1. The average molecular weight is 346 g/mol. The predicted octanol–water partition coefficient (Wildman–Crippen LogP) is 5.72. The van der Waals surface area contributed by atoms with Gasteiger partial charge in [-0.3, -0.25) is 0 Å². The largest absolute Gasteiger partial charge is 0.207 e. The fourth-order valence-electron chi connectivity index (χ4n) is 1.91. The lowest BCUT2D eigenvalue weighted by Crippen LogP contribution is -2.00. The van der Waals surface area contributed by atoms with E-state index in [9.17, 15) is 8.78 Å². The molecule has 100 valence electrons. The third-order valence-corrected chi connectivity index (χ3v) is 4.36. The third kappa shape index (κ3) is 2.82. The summed E-state index contributed by atoms with van der Waals surface area (Å²) in [4.78, 5) is -0.404. The van der Waals surface area contributed by atoms with Gasteiger partial charge >= 0.3 is 0 Å². The molecule has 0 N–H and O–H groups in total. The van der Waals surface area contributed by atoms with Gasteiger partial charge in [-0.2, -0.15) is 0 Å². The maximum atomic E-state index is 14.1. The monoisotopic (exact) mass is 344 g/mol. The lowest BCUT2D eigenvalue weighted by Gasteiger charge is -2.15. The van der Waals surface area contributed by atoms with E-state index in [0.29, 0.717) is 22.3 Å². The fraction of sp³-hybridized carbons (Fsp3) is 0.200. The molecule has 1 atom stereocenters. The molecule has 0 radical (unpaired) electrons. The van der Waals surface area contributed by atoms with Gasteiger partial charge in [0.15, 0.2) is 0 Å². The van der Waals surface area contributed by atoms with Crippen LogP contribution in [0.4, 0.5) is 8.78 Å². The first-order chi connectivity index (χ1) is 8.91. The van der Waals surface area contributed by atoms with E-state index in [1.54, 1.807) is 38.1 Å². The van der Waals surface area contributed by atoms with Gasteiger partial charge in [0.2, 0.25) is 0 Å². The molecule has 4 heteroatoms. The van der Waals surface area contributed by atoms with Crippen LogP contribution >= 0.6 is 27.5 Å². The molecule has 0 aliphatic heterocycles. The highest BCUT2D eigenvalue weighted by molar-refractivity contribution is 9.09. The Kier molecular flexibility index (Phi) is 4.26. The van der Waals surface area contributed by atoms with Gasteiger partial charge in [0, 0.05) is 10.6 Å². The zero-order chi connectivity index (χ0) is 14.2. The number of aryl methyl sites for hydroxylation is 2. The van der Waals surface area contributed by atoms with Crippen LogP contribution in [0.25, 0.3) is 0 Å². The molecule has 0 aliphatic rings. The quantitative estimate of drug-likeness (QED) is 0.611. The minimum Gasteiger partial charge on any atom is -0.207 e. The lowest BCUT2D eigenvalue weighted by molar-refractivity contribution is 0.603. The highest BCUT2D eigenvalue weighted by Crippen LogP contribution is 2.37. The van der Waals surface area contributed by atoms with Crippen LogP contribution in [0.1, 0.15) is 27.1 Å². The molecule has 0 spiro atoms. The Balaban J connectivity index is 2.53. The van der Waals surface area contributed by atoms with Crippen LogP contribution < -0.4 is 0 Å². The van der Waals surface area contributed by atoms with E-state index in [1.165, 1.54) is 6.07 Å². The Labute approximate surface area is 124 Å². The van der Waals surface area contributed by atoms with Gasteiger partial charge in [-0.25, -0.2) is 8.78 Å². The first-order valence-corrected chi connectivity index (χ1v) is 7.05. The van der Waals surface area contributed by atoms with Gasteiger partial charge in [0.05, 0.1) is 4.83 Å². The second kappa shape index (κ2) is 5.59. The van der Waals surface area contributed by atoms with Crippen molar-refractivity contribution in [3.63, 3.8) is 0 Å². The van der Waals surface area contributed by atoms with Crippen molar-refractivity contribution in [3.8, 4) is 0 Å². The fourth-order valence-corrected chi connectivity index (χ4v) is 3.03. The number of halogens is 4. The molecule has 0 bridgehead atoms. The number of rotatable bonds is 2. The minimum atomic E-state index is -0.404. The molecular weight excluding hydrogens is 334 g/mol. The number of hydrogen-bond donors (Lipinski definition) is 0. The van der Waals surface area contributed by atoms with E-state index in [0.717, 1.165) is 0 Å². The van der Waals surface area contributed by atoms with Crippen LogP contribution in [0.15, 0.2) is 30.3 Å². The summed E-state index contributed by atoms with van der Waals surface area (Å²) in [6, 6.07) is 8.08. The molecule has 2 rings (SSSR count). The van der Waals surface area contributed by atoms with Crippen molar-refractivity contribution in [1.82, 2.24) is 0 Å². The molecule has 0 fully saturated rings. The van der Waals surface area contributed by atoms with Gasteiger partial charge in [0.25, 0.3) is 0 Å². The molecule has 0 nitrogen and oxygen atoms in total. The van der Waals surface area contributed by atoms with E-state index < -0.39 is 4.83 Å². The molecule has 2 aromatic rings. The first-order valence-electron chi connectivity index (χ1n) is 5.76. The van der Waals surface area contributed by atoms with E-state index in [4.69, 9.17) is 11.6 Å². The zero-order valence-corrected chi connectivity index (χ0v) is 12.8. The van der Waals surface area contributed by atoms with Crippen molar-refractivity contribution in [3.05, 3.63) is 69.2 Å². The maximum absolute atomic E-state index is 14.1. The molecule has 2 aromatic carbocycles. The Morgan fingerprint density at radius 3 is 2.42 bits per heavy atom. The van der Waals surface area contributed by atoms with Crippen molar-refractivity contribution in [2.75, 3.05) is 0 Å². The summed E-state index contributed by atoms with van der Waals surface area (Å²) in [6.07, 6.45) is 0. The third-order valence-electron chi connectivity index (χ3n) is 3.05. The van der Waals surface area contributed by atoms with Gasteiger partial charge in [-0.15, -0.1) is 0 Å². The molecule has 0 aromatic heterocycles. The van der Waals surface area contributed by atoms with Crippen LogP contribution in [0.3, 0.4) is 0 Å². The highest BCUT2D eigenvalue weighted by Gasteiger charge is 2.19. The molecule has 0 heterocycles. The predicted molar refractivity (Wildman–Crippen MR) is 78.1 cm³/mol. The van der Waals surface area contributed by atoms with Gasteiger partial charge in [-0.1, -0.05) is 51.8 Å². The molecule has 0 saturated heterocycles.